The van der Waals surface area contributed by atoms with E-state index in [2.05, 4.69) is 9.69 Å². The van der Waals surface area contributed by atoms with Gasteiger partial charge in [-0.15, -0.1) is 0 Å². The predicted molar refractivity (Wildman–Crippen MR) is 69.3 cm³/mol. The molecule has 0 atom stereocenters. The van der Waals surface area contributed by atoms with Crippen LogP contribution in [0.15, 0.2) is 29.6 Å². The summed E-state index contributed by atoms with van der Waals surface area (Å²) in [6.07, 6.45) is 0.481. The largest absolute Gasteiger partial charge is 0.352 e. The third-order valence-electron chi connectivity index (χ3n) is 2.63. The Hall–Kier alpha value is -1.75. The third kappa shape index (κ3) is 2.92. The Kier molecular flexibility index (Phi) is 4.04. The summed E-state index contributed by atoms with van der Waals surface area (Å²) in [6, 6.07) is 6.58. The van der Waals surface area contributed by atoms with Gasteiger partial charge in [-0.1, -0.05) is 18.2 Å². The van der Waals surface area contributed by atoms with Crippen LogP contribution in [0.1, 0.15) is 21.6 Å². The van der Waals surface area contributed by atoms with Crippen LogP contribution in [-0.4, -0.2) is 16.8 Å². The lowest BCUT2D eigenvalue weighted by atomic mass is 10.1. The molecule has 0 unspecified atom stereocenters. The van der Waals surface area contributed by atoms with Gasteiger partial charge in [0.1, 0.15) is 5.82 Å². The van der Waals surface area contributed by atoms with Crippen molar-refractivity contribution in [1.29, 1.82) is 0 Å². The second kappa shape index (κ2) is 5.73. The summed E-state index contributed by atoms with van der Waals surface area (Å²) < 4.78 is 17.4. The van der Waals surface area contributed by atoms with Crippen LogP contribution in [0.3, 0.4) is 0 Å². The highest BCUT2D eigenvalue weighted by atomic mass is 32.1. The number of aryl methyl sites for hydroxylation is 1. The van der Waals surface area contributed by atoms with Crippen LogP contribution in [0.2, 0.25) is 0 Å². The van der Waals surface area contributed by atoms with Crippen LogP contribution in [0.5, 0.6) is 0 Å². The van der Waals surface area contributed by atoms with Crippen LogP contribution in [0, 0.1) is 12.7 Å². The fourth-order valence-corrected chi connectivity index (χ4v) is 2.31. The molecular weight excluding hydrogens is 251 g/mol. The summed E-state index contributed by atoms with van der Waals surface area (Å²) in [5.41, 5.74) is 1.93. The number of benzene rings is 1. The van der Waals surface area contributed by atoms with Crippen molar-refractivity contribution < 1.29 is 9.18 Å². The van der Waals surface area contributed by atoms with Gasteiger partial charge in [0.05, 0.1) is 11.3 Å². The maximum absolute atomic E-state index is 13.3. The lowest BCUT2D eigenvalue weighted by Gasteiger charge is -2.05. The fourth-order valence-electron chi connectivity index (χ4n) is 1.62. The van der Waals surface area contributed by atoms with Crippen molar-refractivity contribution >= 4 is 17.4 Å². The van der Waals surface area contributed by atoms with E-state index in [1.165, 1.54) is 17.6 Å². The van der Waals surface area contributed by atoms with E-state index in [4.69, 9.17) is 0 Å². The van der Waals surface area contributed by atoms with Crippen LogP contribution in [0.25, 0.3) is 0 Å². The van der Waals surface area contributed by atoms with E-state index < -0.39 is 0 Å². The first-order valence-electron chi connectivity index (χ1n) is 5.61. The number of hydrogen-bond donors (Lipinski definition) is 1. The number of halogens is 1. The molecule has 0 aliphatic carbocycles. The second-order valence-corrected chi connectivity index (χ2v) is 4.54. The topological polar surface area (TPSA) is 42.0 Å². The summed E-state index contributed by atoms with van der Waals surface area (Å²) in [6.45, 7) is 2.21. The van der Waals surface area contributed by atoms with E-state index in [-0.39, 0.29) is 11.7 Å². The molecule has 1 aromatic carbocycles. The van der Waals surface area contributed by atoms with Crippen molar-refractivity contribution in [3.63, 3.8) is 0 Å². The molecule has 2 aromatic rings. The maximum Gasteiger partial charge on any atom is 0.254 e. The van der Waals surface area contributed by atoms with E-state index in [9.17, 15) is 9.18 Å². The summed E-state index contributed by atoms with van der Waals surface area (Å²) in [5, 5.41) is 4.48. The van der Waals surface area contributed by atoms with Crippen molar-refractivity contribution in [2.45, 2.75) is 13.3 Å². The minimum Gasteiger partial charge on any atom is -0.352 e. The SMILES string of the molecule is Cc1nscc1C(=O)NCCc1ccccc1F. The first-order valence-corrected chi connectivity index (χ1v) is 6.44. The quantitative estimate of drug-likeness (QED) is 0.922. The van der Waals surface area contributed by atoms with Crippen LogP contribution >= 0.6 is 11.5 Å². The fraction of sp³-hybridized carbons (Fsp3) is 0.231. The summed E-state index contributed by atoms with van der Waals surface area (Å²) in [4.78, 5) is 11.8. The number of nitrogens with one attached hydrogen (secondary N) is 1. The standard InChI is InChI=1S/C13H13FN2OS/c1-9-11(8-18-16-9)13(17)15-7-6-10-4-2-3-5-12(10)14/h2-5,8H,6-7H2,1H3,(H,15,17). The van der Waals surface area contributed by atoms with Crippen molar-refractivity contribution in [3.05, 3.63) is 52.3 Å². The van der Waals surface area contributed by atoms with Gasteiger partial charge in [-0.3, -0.25) is 4.79 Å². The Balaban J connectivity index is 1.88. The summed E-state index contributed by atoms with van der Waals surface area (Å²) in [5.74, 6) is -0.391. The number of amides is 1. The van der Waals surface area contributed by atoms with Gasteiger partial charge in [0.25, 0.3) is 5.91 Å². The molecule has 18 heavy (non-hydrogen) atoms. The zero-order valence-corrected chi connectivity index (χ0v) is 10.8. The maximum atomic E-state index is 13.3. The van der Waals surface area contributed by atoms with Gasteiger partial charge in [0.2, 0.25) is 0 Å². The normalized spacial score (nSPS) is 10.3. The number of carbonyl (C=O) groups is 1. The molecular formula is C13H13FN2OS. The molecule has 0 saturated carbocycles. The van der Waals surface area contributed by atoms with Crippen LogP contribution in [0.4, 0.5) is 4.39 Å². The monoisotopic (exact) mass is 264 g/mol. The molecule has 1 aromatic heterocycles. The Bertz CT molecular complexity index is 553. The zero-order chi connectivity index (χ0) is 13.0. The van der Waals surface area contributed by atoms with Gasteiger partial charge < -0.3 is 5.32 Å². The van der Waals surface area contributed by atoms with Gasteiger partial charge in [-0.05, 0) is 36.5 Å². The molecule has 5 heteroatoms. The van der Waals surface area contributed by atoms with E-state index >= 15 is 0 Å². The highest BCUT2D eigenvalue weighted by molar-refractivity contribution is 7.03. The van der Waals surface area contributed by atoms with Gasteiger partial charge >= 0.3 is 0 Å². The number of hydrogen-bond acceptors (Lipinski definition) is 3. The van der Waals surface area contributed by atoms with Crippen LogP contribution < -0.4 is 5.32 Å². The van der Waals surface area contributed by atoms with Crippen molar-refractivity contribution in [1.82, 2.24) is 9.69 Å². The van der Waals surface area contributed by atoms with Gasteiger partial charge in [0, 0.05) is 11.9 Å². The molecule has 94 valence electrons. The predicted octanol–water partition coefficient (Wildman–Crippen LogP) is 2.56. The first kappa shape index (κ1) is 12.7. The van der Waals surface area contributed by atoms with Crippen molar-refractivity contribution in [2.75, 3.05) is 6.54 Å². The van der Waals surface area contributed by atoms with Crippen molar-refractivity contribution in [2.24, 2.45) is 0 Å². The second-order valence-electron chi connectivity index (χ2n) is 3.91. The molecule has 0 aliphatic rings. The van der Waals surface area contributed by atoms with Crippen LogP contribution in [-0.2, 0) is 6.42 Å². The molecule has 1 amide bonds. The molecule has 0 spiro atoms. The molecule has 0 saturated heterocycles. The Morgan fingerprint density at radius 2 is 2.22 bits per heavy atom. The highest BCUT2D eigenvalue weighted by Crippen LogP contribution is 2.09. The van der Waals surface area contributed by atoms with Gasteiger partial charge in [-0.25, -0.2) is 4.39 Å². The first-order chi connectivity index (χ1) is 8.68. The highest BCUT2D eigenvalue weighted by Gasteiger charge is 2.10. The van der Waals surface area contributed by atoms with E-state index in [1.807, 2.05) is 0 Å². The number of aromatic nitrogens is 1. The third-order valence-corrected chi connectivity index (χ3v) is 3.35. The molecule has 0 bridgehead atoms. The van der Waals surface area contributed by atoms with E-state index in [1.54, 1.807) is 30.5 Å². The number of carbonyl (C=O) groups excluding carboxylic acids is 1. The molecule has 0 aliphatic heterocycles. The molecule has 2 rings (SSSR count). The van der Waals surface area contributed by atoms with Crippen molar-refractivity contribution in [3.8, 4) is 0 Å². The lowest BCUT2D eigenvalue weighted by molar-refractivity contribution is 0.0953. The summed E-state index contributed by atoms with van der Waals surface area (Å²) >= 11 is 1.26. The Labute approximate surface area is 109 Å². The van der Waals surface area contributed by atoms with E-state index in [0.717, 1.165) is 5.69 Å². The molecule has 3 nitrogen and oxygen atoms in total. The lowest BCUT2D eigenvalue weighted by Crippen LogP contribution is -2.26. The Morgan fingerprint density at radius 3 is 2.89 bits per heavy atom. The number of nitrogens with zero attached hydrogens (tertiary/aromatic N) is 1. The zero-order valence-electron chi connectivity index (χ0n) is 9.94. The molecule has 0 radical (unpaired) electrons. The molecule has 0 fully saturated rings. The average Bonchev–Trinajstić information content (AvgIpc) is 2.78. The molecule has 1 heterocycles. The summed E-state index contributed by atoms with van der Waals surface area (Å²) in [7, 11) is 0. The average molecular weight is 264 g/mol. The minimum atomic E-state index is -0.236. The minimum absolute atomic E-state index is 0.155. The Morgan fingerprint density at radius 1 is 1.44 bits per heavy atom. The van der Waals surface area contributed by atoms with Gasteiger partial charge in [0.15, 0.2) is 0 Å². The van der Waals surface area contributed by atoms with Gasteiger partial charge in [-0.2, -0.15) is 4.37 Å². The number of rotatable bonds is 4. The molecule has 1 N–H and O–H groups in total. The smallest absolute Gasteiger partial charge is 0.254 e. The van der Waals surface area contributed by atoms with E-state index in [0.29, 0.717) is 24.1 Å².